The second kappa shape index (κ2) is 8.48. The average molecular weight is 383 g/mol. The minimum absolute atomic E-state index is 0.213. The van der Waals surface area contributed by atoms with Crippen molar-refractivity contribution < 1.29 is 14.3 Å². The van der Waals surface area contributed by atoms with Crippen molar-refractivity contribution in [2.75, 3.05) is 5.32 Å². The highest BCUT2D eigenvalue weighted by Gasteiger charge is 2.15. The van der Waals surface area contributed by atoms with Gasteiger partial charge >= 0.3 is 0 Å². The third-order valence-corrected chi connectivity index (χ3v) is 4.50. The minimum Gasteiger partial charge on any atom is -0.481 e. The normalized spacial score (nSPS) is 11.6. The molecule has 144 valence electrons. The molecule has 0 fully saturated rings. The average Bonchev–Trinajstić information content (AvgIpc) is 2.76. The number of carbonyl (C=O) groups excluding carboxylic acids is 1. The van der Waals surface area contributed by atoms with E-state index in [-0.39, 0.29) is 5.91 Å². The number of carbonyl (C=O) groups is 1. The first-order chi connectivity index (χ1) is 14.2. The van der Waals surface area contributed by atoms with Gasteiger partial charge in [0.05, 0.1) is 0 Å². The second-order valence-corrected chi connectivity index (χ2v) is 6.70. The molecule has 4 aromatic carbocycles. The topological polar surface area (TPSA) is 47.6 Å². The monoisotopic (exact) mass is 383 g/mol. The highest BCUT2D eigenvalue weighted by atomic mass is 16.5. The molecule has 4 heteroatoms. The lowest BCUT2D eigenvalue weighted by Gasteiger charge is -2.15. The first kappa shape index (κ1) is 18.6. The molecule has 4 nitrogen and oxygen atoms in total. The molecule has 0 radical (unpaired) electrons. The van der Waals surface area contributed by atoms with Gasteiger partial charge in [-0.1, -0.05) is 48.5 Å². The molecule has 0 heterocycles. The number of amides is 1. The molecule has 29 heavy (non-hydrogen) atoms. The Morgan fingerprint density at radius 1 is 0.724 bits per heavy atom. The van der Waals surface area contributed by atoms with Crippen molar-refractivity contribution >= 4 is 22.4 Å². The lowest BCUT2D eigenvalue weighted by molar-refractivity contribution is -0.122. The van der Waals surface area contributed by atoms with Crippen LogP contribution < -0.4 is 14.8 Å². The number of rotatable bonds is 6. The van der Waals surface area contributed by atoms with Crippen LogP contribution in [0.4, 0.5) is 5.69 Å². The quantitative estimate of drug-likeness (QED) is 0.442. The van der Waals surface area contributed by atoms with E-state index in [1.165, 1.54) is 0 Å². The largest absolute Gasteiger partial charge is 0.481 e. The molecule has 0 unspecified atom stereocenters. The summed E-state index contributed by atoms with van der Waals surface area (Å²) in [4.78, 5) is 12.5. The van der Waals surface area contributed by atoms with Crippen molar-refractivity contribution in [1.82, 2.24) is 0 Å². The first-order valence-electron chi connectivity index (χ1n) is 9.47. The van der Waals surface area contributed by atoms with Gasteiger partial charge in [0.1, 0.15) is 17.2 Å². The zero-order chi connectivity index (χ0) is 20.1. The molecule has 0 aliphatic carbocycles. The molecule has 0 saturated carbocycles. The molecule has 0 aromatic heterocycles. The maximum absolute atomic E-state index is 12.5. The minimum atomic E-state index is -0.628. The van der Waals surface area contributed by atoms with Crippen LogP contribution in [0.5, 0.6) is 17.2 Å². The van der Waals surface area contributed by atoms with E-state index in [0.717, 1.165) is 16.5 Å². The Morgan fingerprint density at radius 3 is 2.10 bits per heavy atom. The molecule has 4 rings (SSSR count). The molecule has 1 amide bonds. The smallest absolute Gasteiger partial charge is 0.265 e. The lowest BCUT2D eigenvalue weighted by Crippen LogP contribution is -2.30. The van der Waals surface area contributed by atoms with Gasteiger partial charge in [-0.05, 0) is 66.2 Å². The summed E-state index contributed by atoms with van der Waals surface area (Å²) in [7, 11) is 0. The maximum atomic E-state index is 12.5. The molecular formula is C25H21NO3. The second-order valence-electron chi connectivity index (χ2n) is 6.70. The van der Waals surface area contributed by atoms with Gasteiger partial charge in [-0.3, -0.25) is 4.79 Å². The van der Waals surface area contributed by atoms with Gasteiger partial charge in [-0.15, -0.1) is 0 Å². The predicted molar refractivity (Wildman–Crippen MR) is 116 cm³/mol. The number of hydrogen-bond acceptors (Lipinski definition) is 3. The molecule has 4 aromatic rings. The van der Waals surface area contributed by atoms with E-state index < -0.39 is 6.10 Å². The number of benzene rings is 4. The number of para-hydroxylation sites is 1. The molecule has 0 saturated heterocycles. The van der Waals surface area contributed by atoms with E-state index in [9.17, 15) is 4.79 Å². The van der Waals surface area contributed by atoms with Crippen LogP contribution in [0, 0.1) is 0 Å². The Kier molecular flexibility index (Phi) is 5.43. The van der Waals surface area contributed by atoms with Crippen LogP contribution in [0.1, 0.15) is 6.92 Å². The summed E-state index contributed by atoms with van der Waals surface area (Å²) in [6, 6.07) is 30.6. The van der Waals surface area contributed by atoms with Crippen molar-refractivity contribution in [3.63, 3.8) is 0 Å². The molecule has 0 spiro atoms. The Morgan fingerprint density at radius 2 is 1.34 bits per heavy atom. The van der Waals surface area contributed by atoms with Crippen molar-refractivity contribution in [2.24, 2.45) is 0 Å². The van der Waals surface area contributed by atoms with Crippen LogP contribution in [-0.4, -0.2) is 12.0 Å². The van der Waals surface area contributed by atoms with Crippen LogP contribution >= 0.6 is 0 Å². The van der Waals surface area contributed by atoms with Gasteiger partial charge in [0.2, 0.25) is 0 Å². The summed E-state index contributed by atoms with van der Waals surface area (Å²) in [5.74, 6) is 1.92. The Bertz CT molecular complexity index is 1110. The van der Waals surface area contributed by atoms with Gasteiger partial charge < -0.3 is 14.8 Å². The molecule has 0 bridgehead atoms. The maximum Gasteiger partial charge on any atom is 0.265 e. The molecule has 1 atom stereocenters. The van der Waals surface area contributed by atoms with Crippen molar-refractivity contribution in [3.8, 4) is 17.2 Å². The molecule has 0 aliphatic heterocycles. The Balaban J connectivity index is 1.36. The van der Waals surface area contributed by atoms with E-state index in [1.54, 1.807) is 19.1 Å². The summed E-state index contributed by atoms with van der Waals surface area (Å²) in [5.41, 5.74) is 0.685. The summed E-state index contributed by atoms with van der Waals surface area (Å²) in [6.07, 6.45) is -0.628. The molecule has 1 N–H and O–H groups in total. The number of hydrogen-bond donors (Lipinski definition) is 1. The van der Waals surface area contributed by atoms with E-state index in [1.807, 2.05) is 84.9 Å². The lowest BCUT2D eigenvalue weighted by atomic mass is 10.1. The van der Waals surface area contributed by atoms with Crippen molar-refractivity contribution in [3.05, 3.63) is 97.1 Å². The highest BCUT2D eigenvalue weighted by Crippen LogP contribution is 2.24. The zero-order valence-corrected chi connectivity index (χ0v) is 16.0. The fraction of sp³-hybridized carbons (Fsp3) is 0.0800. The van der Waals surface area contributed by atoms with Crippen molar-refractivity contribution in [2.45, 2.75) is 13.0 Å². The van der Waals surface area contributed by atoms with Crippen LogP contribution in [0.15, 0.2) is 97.1 Å². The fourth-order valence-corrected chi connectivity index (χ4v) is 2.97. The number of anilines is 1. The van der Waals surface area contributed by atoms with E-state index in [2.05, 4.69) is 5.32 Å². The summed E-state index contributed by atoms with van der Waals surface area (Å²) < 4.78 is 11.6. The van der Waals surface area contributed by atoms with Crippen LogP contribution in [-0.2, 0) is 4.79 Å². The SMILES string of the molecule is C[C@@H](Oc1ccc2ccccc2c1)C(=O)Nc1ccc(Oc2ccccc2)cc1. The van der Waals surface area contributed by atoms with Gasteiger partial charge in [0.15, 0.2) is 6.10 Å². The Hall–Kier alpha value is -3.79. The van der Waals surface area contributed by atoms with Crippen LogP contribution in [0.25, 0.3) is 10.8 Å². The zero-order valence-electron chi connectivity index (χ0n) is 16.0. The third kappa shape index (κ3) is 4.74. The van der Waals surface area contributed by atoms with Gasteiger partial charge in [0.25, 0.3) is 5.91 Å². The van der Waals surface area contributed by atoms with E-state index >= 15 is 0 Å². The number of fused-ring (bicyclic) bond motifs is 1. The molecule has 0 aliphatic rings. The van der Waals surface area contributed by atoms with Crippen molar-refractivity contribution in [1.29, 1.82) is 0 Å². The predicted octanol–water partition coefficient (Wildman–Crippen LogP) is 6.04. The summed E-state index contributed by atoms with van der Waals surface area (Å²) >= 11 is 0. The Labute approximate surface area is 169 Å². The first-order valence-corrected chi connectivity index (χ1v) is 9.47. The third-order valence-electron chi connectivity index (χ3n) is 4.50. The summed E-state index contributed by atoms with van der Waals surface area (Å²) in [5, 5.41) is 5.08. The van der Waals surface area contributed by atoms with E-state index in [0.29, 0.717) is 17.2 Å². The van der Waals surface area contributed by atoms with Crippen LogP contribution in [0.3, 0.4) is 0 Å². The van der Waals surface area contributed by atoms with Gasteiger partial charge in [0, 0.05) is 5.69 Å². The number of nitrogens with one attached hydrogen (secondary N) is 1. The fourth-order valence-electron chi connectivity index (χ4n) is 2.97. The highest BCUT2D eigenvalue weighted by molar-refractivity contribution is 5.94. The number of ether oxygens (including phenoxy) is 2. The van der Waals surface area contributed by atoms with E-state index in [4.69, 9.17) is 9.47 Å². The molecular weight excluding hydrogens is 362 g/mol. The summed E-state index contributed by atoms with van der Waals surface area (Å²) in [6.45, 7) is 1.73. The van der Waals surface area contributed by atoms with Crippen LogP contribution in [0.2, 0.25) is 0 Å². The van der Waals surface area contributed by atoms with Gasteiger partial charge in [-0.2, -0.15) is 0 Å². The standard InChI is InChI=1S/C25H21NO3/c1-18(28-24-14-11-19-7-5-6-8-20(19)17-24)25(27)26-21-12-15-23(16-13-21)29-22-9-3-2-4-10-22/h2-18H,1H3,(H,26,27)/t18-/m1/s1. The van der Waals surface area contributed by atoms with Gasteiger partial charge in [-0.25, -0.2) is 0 Å².